The van der Waals surface area contributed by atoms with E-state index in [4.69, 9.17) is 38.7 Å². The van der Waals surface area contributed by atoms with Crippen molar-refractivity contribution >= 4 is 51.8 Å². The summed E-state index contributed by atoms with van der Waals surface area (Å²) in [6, 6.07) is 14.6. The molecule has 212 valence electrons. The van der Waals surface area contributed by atoms with Gasteiger partial charge in [-0.3, -0.25) is 9.36 Å². The number of imidazole rings is 1. The highest BCUT2D eigenvalue weighted by atomic mass is 35.5. The second-order valence-corrected chi connectivity index (χ2v) is 10.6. The van der Waals surface area contributed by atoms with E-state index >= 15 is 0 Å². The van der Waals surface area contributed by atoms with Gasteiger partial charge in [0.05, 0.1) is 23.7 Å². The highest BCUT2D eigenvalue weighted by Gasteiger charge is 2.26. The summed E-state index contributed by atoms with van der Waals surface area (Å²) in [7, 11) is 0. The number of anilines is 1. The average molecular weight is 577 g/mol. The molecule has 0 aliphatic heterocycles. The monoisotopic (exact) mass is 575 g/mol. The fraction of sp³-hybridized carbons (Fsp3) is 0.483. The Morgan fingerprint density at radius 1 is 1.10 bits per heavy atom. The van der Waals surface area contributed by atoms with Crippen LogP contribution in [0.5, 0.6) is 0 Å². The standard InChI is InChI=1S/C29H39Cl2N5O3/c1-4-39-29(38)25(18-20(2)3)34-28(37)23(32)11-13-27-33-24-19-22(35(16-14-30)17-15-31)10-12-26(24)36(27)21-8-6-5-7-9-21/h5-10,12,19-20,23,25H,4,11,13-18,32H2,1-3H3,(H,34,37)/t23-,25-/m0/s1. The SMILES string of the molecule is CCOC(=O)[C@H](CC(C)C)NC(=O)[C@@H](N)CCc1nc2cc(N(CCCl)CCCl)ccc2n1-c1ccccc1. The van der Waals surface area contributed by atoms with Crippen molar-refractivity contribution in [1.29, 1.82) is 0 Å². The number of fused-ring (bicyclic) bond motifs is 1. The minimum absolute atomic E-state index is 0.205. The smallest absolute Gasteiger partial charge is 0.328 e. The van der Waals surface area contributed by atoms with E-state index in [9.17, 15) is 9.59 Å². The van der Waals surface area contributed by atoms with Crippen LogP contribution >= 0.6 is 23.2 Å². The summed E-state index contributed by atoms with van der Waals surface area (Å²) in [5, 5.41) is 2.79. The minimum Gasteiger partial charge on any atom is -0.464 e. The van der Waals surface area contributed by atoms with Crippen LogP contribution in [0.4, 0.5) is 5.69 Å². The number of alkyl halides is 2. The first-order valence-electron chi connectivity index (χ1n) is 13.4. The van der Waals surface area contributed by atoms with Crippen molar-refractivity contribution in [2.24, 2.45) is 11.7 Å². The van der Waals surface area contributed by atoms with Crippen molar-refractivity contribution in [1.82, 2.24) is 14.9 Å². The molecule has 0 saturated carbocycles. The first kappa shape index (κ1) is 30.7. The molecule has 10 heteroatoms. The van der Waals surface area contributed by atoms with E-state index in [1.165, 1.54) is 0 Å². The third kappa shape index (κ3) is 8.34. The number of carbonyl (C=O) groups is 2. The number of amides is 1. The number of hydrogen-bond acceptors (Lipinski definition) is 6. The molecule has 0 radical (unpaired) electrons. The number of ether oxygens (including phenoxy) is 1. The van der Waals surface area contributed by atoms with Crippen molar-refractivity contribution in [2.75, 3.05) is 36.4 Å². The van der Waals surface area contributed by atoms with Gasteiger partial charge in [-0.2, -0.15) is 0 Å². The molecule has 2 atom stereocenters. The molecule has 1 aromatic heterocycles. The second kappa shape index (κ2) is 15.1. The Labute approximate surface area is 240 Å². The van der Waals surface area contributed by atoms with Gasteiger partial charge in [0.1, 0.15) is 11.9 Å². The molecule has 3 aromatic rings. The lowest BCUT2D eigenvalue weighted by atomic mass is 10.0. The lowest BCUT2D eigenvalue weighted by molar-refractivity contribution is -0.148. The number of aromatic nitrogens is 2. The molecule has 3 N–H and O–H groups in total. The summed E-state index contributed by atoms with van der Waals surface area (Å²) >= 11 is 12.0. The summed E-state index contributed by atoms with van der Waals surface area (Å²) in [4.78, 5) is 32.4. The van der Waals surface area contributed by atoms with E-state index in [1.807, 2.05) is 56.3 Å². The van der Waals surface area contributed by atoms with Gasteiger partial charge in [0.25, 0.3) is 0 Å². The number of hydrogen-bond donors (Lipinski definition) is 2. The predicted octanol–water partition coefficient (Wildman–Crippen LogP) is 4.66. The molecule has 1 heterocycles. The maximum atomic E-state index is 12.9. The number of halogens is 2. The Morgan fingerprint density at radius 3 is 2.41 bits per heavy atom. The summed E-state index contributed by atoms with van der Waals surface area (Å²) in [5.74, 6) is 1.17. The highest BCUT2D eigenvalue weighted by molar-refractivity contribution is 6.18. The molecule has 0 saturated heterocycles. The zero-order chi connectivity index (χ0) is 28.4. The molecule has 1 amide bonds. The number of esters is 1. The van der Waals surface area contributed by atoms with Gasteiger partial charge >= 0.3 is 5.97 Å². The van der Waals surface area contributed by atoms with Gasteiger partial charge in [0.15, 0.2) is 0 Å². The van der Waals surface area contributed by atoms with Gasteiger partial charge in [-0.15, -0.1) is 23.2 Å². The van der Waals surface area contributed by atoms with Gasteiger partial charge < -0.3 is 20.7 Å². The number of nitrogens with one attached hydrogen (secondary N) is 1. The van der Waals surface area contributed by atoms with E-state index < -0.39 is 18.1 Å². The van der Waals surface area contributed by atoms with Crippen LogP contribution in [0.15, 0.2) is 48.5 Å². The van der Waals surface area contributed by atoms with Crippen LogP contribution < -0.4 is 16.0 Å². The molecule has 0 unspecified atom stereocenters. The number of aryl methyl sites for hydroxylation is 1. The van der Waals surface area contributed by atoms with Gasteiger partial charge in [-0.1, -0.05) is 32.0 Å². The highest BCUT2D eigenvalue weighted by Crippen LogP contribution is 2.27. The van der Waals surface area contributed by atoms with Crippen LogP contribution in [0.3, 0.4) is 0 Å². The summed E-state index contributed by atoms with van der Waals surface area (Å²) in [6.45, 7) is 7.33. The van der Waals surface area contributed by atoms with Gasteiger partial charge in [-0.25, -0.2) is 9.78 Å². The topological polar surface area (TPSA) is 102 Å². The second-order valence-electron chi connectivity index (χ2n) is 9.82. The minimum atomic E-state index is -0.809. The van der Waals surface area contributed by atoms with Crippen molar-refractivity contribution in [3.05, 3.63) is 54.4 Å². The predicted molar refractivity (Wildman–Crippen MR) is 159 cm³/mol. The fourth-order valence-corrected chi connectivity index (χ4v) is 4.95. The Bertz CT molecular complexity index is 1210. The van der Waals surface area contributed by atoms with Crippen LogP contribution in [0.25, 0.3) is 16.7 Å². The number of carbonyl (C=O) groups excluding carboxylic acids is 2. The van der Waals surface area contributed by atoms with Gasteiger partial charge in [0.2, 0.25) is 5.91 Å². The lowest BCUT2D eigenvalue weighted by Crippen LogP contribution is -2.49. The molecule has 8 nitrogen and oxygen atoms in total. The number of benzene rings is 2. The van der Waals surface area contributed by atoms with E-state index in [0.717, 1.165) is 28.2 Å². The third-order valence-corrected chi connectivity index (χ3v) is 6.74. The van der Waals surface area contributed by atoms with E-state index in [1.54, 1.807) is 6.92 Å². The van der Waals surface area contributed by atoms with E-state index in [0.29, 0.717) is 44.1 Å². The molecule has 0 spiro atoms. The molecule has 0 fully saturated rings. The number of nitrogens with two attached hydrogens (primary N) is 1. The fourth-order valence-electron chi connectivity index (χ4n) is 4.54. The Kier molecular flexibility index (Phi) is 11.9. The van der Waals surface area contributed by atoms with Gasteiger partial charge in [-0.05, 0) is 56.0 Å². The Hall–Kier alpha value is -2.81. The van der Waals surface area contributed by atoms with Crippen molar-refractivity contribution in [3.63, 3.8) is 0 Å². The largest absolute Gasteiger partial charge is 0.464 e. The molecule has 3 rings (SSSR count). The first-order valence-corrected chi connectivity index (χ1v) is 14.5. The summed E-state index contributed by atoms with van der Waals surface area (Å²) in [6.07, 6.45) is 1.30. The molecular weight excluding hydrogens is 537 g/mol. The molecule has 2 aromatic carbocycles. The number of para-hydroxylation sites is 1. The third-order valence-electron chi connectivity index (χ3n) is 6.41. The quantitative estimate of drug-likeness (QED) is 0.202. The van der Waals surface area contributed by atoms with Crippen molar-refractivity contribution in [2.45, 2.75) is 52.1 Å². The van der Waals surface area contributed by atoms with Crippen LogP contribution in [-0.2, 0) is 20.7 Å². The van der Waals surface area contributed by atoms with Crippen molar-refractivity contribution in [3.8, 4) is 5.69 Å². The summed E-state index contributed by atoms with van der Waals surface area (Å²) in [5.41, 5.74) is 10.1. The van der Waals surface area contributed by atoms with E-state index in [-0.39, 0.29) is 18.4 Å². The van der Waals surface area contributed by atoms with Crippen LogP contribution in [0.2, 0.25) is 0 Å². The molecule has 0 bridgehead atoms. The first-order chi connectivity index (χ1) is 18.8. The Balaban J connectivity index is 1.85. The molecule has 0 aliphatic rings. The van der Waals surface area contributed by atoms with Crippen LogP contribution in [0.1, 0.15) is 39.4 Å². The zero-order valence-electron chi connectivity index (χ0n) is 22.9. The zero-order valence-corrected chi connectivity index (χ0v) is 24.4. The average Bonchev–Trinajstić information content (AvgIpc) is 3.29. The number of nitrogens with zero attached hydrogens (tertiary/aromatic N) is 3. The maximum absolute atomic E-state index is 12.9. The normalized spacial score (nSPS) is 12.9. The maximum Gasteiger partial charge on any atom is 0.328 e. The molecular formula is C29H39Cl2N5O3. The van der Waals surface area contributed by atoms with Crippen molar-refractivity contribution < 1.29 is 14.3 Å². The Morgan fingerprint density at radius 2 is 1.79 bits per heavy atom. The van der Waals surface area contributed by atoms with Crippen LogP contribution in [-0.4, -0.2) is 65.0 Å². The van der Waals surface area contributed by atoms with Crippen LogP contribution in [0, 0.1) is 5.92 Å². The summed E-state index contributed by atoms with van der Waals surface area (Å²) < 4.78 is 7.24. The lowest BCUT2D eigenvalue weighted by Gasteiger charge is -2.22. The molecule has 39 heavy (non-hydrogen) atoms. The molecule has 0 aliphatic carbocycles. The van der Waals surface area contributed by atoms with Gasteiger partial charge in [0, 0.05) is 42.6 Å². The number of rotatable bonds is 15. The van der Waals surface area contributed by atoms with E-state index in [2.05, 4.69) is 20.9 Å².